The van der Waals surface area contributed by atoms with Crippen LogP contribution in [-0.2, 0) is 25.5 Å². The largest absolute Gasteiger partial charge is 0.463 e. The molecule has 1 aromatic heterocycles. The van der Waals surface area contributed by atoms with Gasteiger partial charge in [0.05, 0.1) is 6.61 Å². The molecule has 3 amide bonds. The van der Waals surface area contributed by atoms with Crippen molar-refractivity contribution in [1.29, 1.82) is 0 Å². The number of hydrogen-bond donors (Lipinski definition) is 3. The molecule has 0 spiro atoms. The highest BCUT2D eigenvalue weighted by Gasteiger charge is 2.29. The Balaban J connectivity index is 1.80. The van der Waals surface area contributed by atoms with Gasteiger partial charge in [0.15, 0.2) is 5.69 Å². The maximum Gasteiger partial charge on any atom is 0.330 e. The fourth-order valence-corrected chi connectivity index (χ4v) is 3.99. The number of nitrogens with zero attached hydrogens (tertiary/aromatic N) is 1. The van der Waals surface area contributed by atoms with Gasteiger partial charge in [0.25, 0.3) is 5.91 Å². The Kier molecular flexibility index (Phi) is 9.93. The van der Waals surface area contributed by atoms with Gasteiger partial charge in [0, 0.05) is 37.1 Å². The summed E-state index contributed by atoms with van der Waals surface area (Å²) in [5, 5.41) is 12.0. The summed E-state index contributed by atoms with van der Waals surface area (Å²) < 4.78 is 23.3. The van der Waals surface area contributed by atoms with Gasteiger partial charge in [-0.25, -0.2) is 9.18 Å². The first-order valence-corrected chi connectivity index (χ1v) is 12.2. The van der Waals surface area contributed by atoms with Crippen LogP contribution in [0.3, 0.4) is 0 Å². The van der Waals surface area contributed by atoms with E-state index in [9.17, 15) is 23.6 Å². The lowest BCUT2D eigenvalue weighted by molar-refractivity contribution is -0.137. The molecule has 1 saturated heterocycles. The maximum atomic E-state index is 13.4. The average Bonchev–Trinajstić information content (AvgIpc) is 3.31. The minimum Gasteiger partial charge on any atom is -0.463 e. The average molecular weight is 515 g/mol. The first kappa shape index (κ1) is 27.6. The molecule has 11 heteroatoms. The number of carbonyl (C=O) groups excluding carboxylic acids is 4. The van der Waals surface area contributed by atoms with Crippen LogP contribution >= 0.6 is 0 Å². The summed E-state index contributed by atoms with van der Waals surface area (Å²) in [6.45, 7) is 4.10. The van der Waals surface area contributed by atoms with Gasteiger partial charge in [-0.05, 0) is 50.8 Å². The second-order valence-electron chi connectivity index (χ2n) is 8.77. The van der Waals surface area contributed by atoms with E-state index < -0.39 is 35.7 Å². The normalized spacial score (nSPS) is 17.1. The molecule has 0 radical (unpaired) electrons. The topological polar surface area (TPSA) is 140 Å². The number of ether oxygens (including phenoxy) is 1. The molecule has 37 heavy (non-hydrogen) atoms. The molecule has 10 nitrogen and oxygen atoms in total. The second kappa shape index (κ2) is 13.3. The van der Waals surface area contributed by atoms with Crippen molar-refractivity contribution in [3.05, 3.63) is 65.3 Å². The third-order valence-corrected chi connectivity index (χ3v) is 5.85. The van der Waals surface area contributed by atoms with Crippen LogP contribution < -0.4 is 16.0 Å². The van der Waals surface area contributed by atoms with Crippen LogP contribution in [0.1, 0.15) is 48.0 Å². The van der Waals surface area contributed by atoms with Gasteiger partial charge >= 0.3 is 5.97 Å². The molecule has 2 aromatic rings. The molecule has 1 aliphatic rings. The van der Waals surface area contributed by atoms with Crippen molar-refractivity contribution in [3.63, 3.8) is 0 Å². The molecule has 3 N–H and O–H groups in total. The van der Waals surface area contributed by atoms with Gasteiger partial charge < -0.3 is 25.2 Å². The number of carbonyl (C=O) groups is 4. The third-order valence-electron chi connectivity index (χ3n) is 5.85. The lowest BCUT2D eigenvalue weighted by Crippen LogP contribution is -2.51. The highest BCUT2D eigenvalue weighted by Crippen LogP contribution is 2.18. The Hall–Kier alpha value is -4.02. The van der Waals surface area contributed by atoms with Gasteiger partial charge in [-0.3, -0.25) is 14.4 Å². The van der Waals surface area contributed by atoms with Crippen LogP contribution in [0, 0.1) is 18.7 Å². The minimum absolute atomic E-state index is 0.00652. The van der Waals surface area contributed by atoms with E-state index in [0.717, 1.165) is 6.42 Å². The monoisotopic (exact) mass is 514 g/mol. The summed E-state index contributed by atoms with van der Waals surface area (Å²) in [6, 6.07) is 5.26. The molecule has 0 saturated carbocycles. The Bertz CT molecular complexity index is 1130. The van der Waals surface area contributed by atoms with Crippen LogP contribution in [0.15, 0.2) is 47.0 Å². The van der Waals surface area contributed by atoms with E-state index in [1.54, 1.807) is 13.8 Å². The number of rotatable bonds is 11. The van der Waals surface area contributed by atoms with E-state index in [0.29, 0.717) is 24.3 Å². The van der Waals surface area contributed by atoms with E-state index in [4.69, 9.17) is 9.26 Å². The zero-order valence-corrected chi connectivity index (χ0v) is 20.8. The minimum atomic E-state index is -1.06. The Morgan fingerprint density at radius 1 is 1.27 bits per heavy atom. The zero-order valence-electron chi connectivity index (χ0n) is 20.8. The summed E-state index contributed by atoms with van der Waals surface area (Å²) in [6.07, 6.45) is 4.46. The standard InChI is InChI=1S/C26H31FN4O6/c1-3-36-23(32)11-10-20(15-18-5-4-12-28-24(18)33)29-25(34)21(14-17-6-8-19(27)9-7-17)30-26(35)22-13-16(2)37-31-22/h6-11,13,18,20-21H,3-5,12,14-15H2,1-2H3,(H,28,33)(H,29,34)(H,30,35). The van der Waals surface area contributed by atoms with E-state index in [1.807, 2.05) is 0 Å². The molecular formula is C26H31FN4O6. The smallest absolute Gasteiger partial charge is 0.330 e. The summed E-state index contributed by atoms with van der Waals surface area (Å²) in [5.41, 5.74) is 0.621. The fraction of sp³-hybridized carbons (Fsp3) is 0.423. The van der Waals surface area contributed by atoms with Gasteiger partial charge in [0.2, 0.25) is 11.8 Å². The molecule has 198 valence electrons. The van der Waals surface area contributed by atoms with Crippen molar-refractivity contribution < 1.29 is 32.8 Å². The van der Waals surface area contributed by atoms with Crippen molar-refractivity contribution in [1.82, 2.24) is 21.1 Å². The van der Waals surface area contributed by atoms with Crippen LogP contribution in [0.4, 0.5) is 4.39 Å². The molecule has 0 bridgehead atoms. The number of aryl methyl sites for hydroxylation is 1. The Morgan fingerprint density at radius 3 is 2.68 bits per heavy atom. The van der Waals surface area contributed by atoms with E-state index in [2.05, 4.69) is 21.1 Å². The maximum absolute atomic E-state index is 13.4. The predicted octanol–water partition coefficient (Wildman–Crippen LogP) is 1.98. The molecule has 3 rings (SSSR count). The Labute approximate surface area is 214 Å². The van der Waals surface area contributed by atoms with Crippen molar-refractivity contribution in [3.8, 4) is 0 Å². The van der Waals surface area contributed by atoms with E-state index in [1.165, 1.54) is 42.5 Å². The third kappa shape index (κ3) is 8.55. The quantitative estimate of drug-likeness (QED) is 0.308. The first-order valence-electron chi connectivity index (χ1n) is 12.2. The molecule has 1 aromatic carbocycles. The van der Waals surface area contributed by atoms with Gasteiger partial charge in [-0.2, -0.15) is 0 Å². The molecule has 0 aliphatic carbocycles. The zero-order chi connectivity index (χ0) is 26.8. The second-order valence-corrected chi connectivity index (χ2v) is 8.77. The lowest BCUT2D eigenvalue weighted by atomic mass is 9.91. The molecule has 3 atom stereocenters. The molecule has 3 unspecified atom stereocenters. The number of esters is 1. The Morgan fingerprint density at radius 2 is 2.03 bits per heavy atom. The van der Waals surface area contributed by atoms with Crippen molar-refractivity contribution in [2.75, 3.05) is 13.2 Å². The van der Waals surface area contributed by atoms with Crippen molar-refractivity contribution >= 4 is 23.7 Å². The van der Waals surface area contributed by atoms with Crippen LogP contribution in [0.5, 0.6) is 0 Å². The van der Waals surface area contributed by atoms with Gasteiger partial charge in [0.1, 0.15) is 17.6 Å². The summed E-state index contributed by atoms with van der Waals surface area (Å²) in [4.78, 5) is 50.4. The lowest BCUT2D eigenvalue weighted by Gasteiger charge is -2.27. The van der Waals surface area contributed by atoms with E-state index in [-0.39, 0.29) is 37.0 Å². The highest BCUT2D eigenvalue weighted by molar-refractivity contribution is 5.96. The van der Waals surface area contributed by atoms with Gasteiger partial charge in [-0.1, -0.05) is 23.4 Å². The summed E-state index contributed by atoms with van der Waals surface area (Å²) in [5.74, 6) is -2.22. The first-order chi connectivity index (χ1) is 17.7. The number of amides is 3. The van der Waals surface area contributed by atoms with Crippen molar-refractivity contribution in [2.24, 2.45) is 5.92 Å². The van der Waals surface area contributed by atoms with Gasteiger partial charge in [-0.15, -0.1) is 0 Å². The number of aromatic nitrogens is 1. The SMILES string of the molecule is CCOC(=O)C=CC(CC1CCCNC1=O)NC(=O)C(Cc1ccc(F)cc1)NC(=O)c1cc(C)on1. The highest BCUT2D eigenvalue weighted by atomic mass is 19.1. The fourth-order valence-electron chi connectivity index (χ4n) is 3.99. The van der Waals surface area contributed by atoms with Crippen LogP contribution in [-0.4, -0.2) is 54.1 Å². The van der Waals surface area contributed by atoms with E-state index >= 15 is 0 Å². The van der Waals surface area contributed by atoms with Crippen molar-refractivity contribution in [2.45, 2.75) is 51.6 Å². The number of hydrogen-bond acceptors (Lipinski definition) is 7. The molecule has 1 aliphatic heterocycles. The summed E-state index contributed by atoms with van der Waals surface area (Å²) in [7, 11) is 0. The summed E-state index contributed by atoms with van der Waals surface area (Å²) >= 11 is 0. The number of halogens is 1. The molecule has 2 heterocycles. The number of piperidine rings is 1. The molecular weight excluding hydrogens is 483 g/mol. The predicted molar refractivity (Wildman–Crippen MR) is 131 cm³/mol. The van der Waals surface area contributed by atoms with Crippen LogP contribution in [0.2, 0.25) is 0 Å². The van der Waals surface area contributed by atoms with Crippen LogP contribution in [0.25, 0.3) is 0 Å². The molecule has 1 fully saturated rings. The number of benzene rings is 1. The number of nitrogens with one attached hydrogen (secondary N) is 3.